The minimum absolute atomic E-state index is 0.720. The van der Waals surface area contributed by atoms with Crippen molar-refractivity contribution in [1.29, 1.82) is 0 Å². The number of nitrogens with one attached hydrogen (secondary N) is 1. The fourth-order valence-electron chi connectivity index (χ4n) is 2.69. The SMILES string of the molecule is CN(C)c1ccccc1NCc1nnc2n1CCCC2. The first kappa shape index (κ1) is 13.0. The Morgan fingerprint density at radius 3 is 2.90 bits per heavy atom. The van der Waals surface area contributed by atoms with Crippen LogP contribution in [0, 0.1) is 0 Å². The topological polar surface area (TPSA) is 46.0 Å². The van der Waals surface area contributed by atoms with Gasteiger partial charge >= 0.3 is 0 Å². The Hall–Kier alpha value is -2.04. The van der Waals surface area contributed by atoms with E-state index in [-0.39, 0.29) is 0 Å². The van der Waals surface area contributed by atoms with Gasteiger partial charge in [0.15, 0.2) is 5.82 Å². The maximum absolute atomic E-state index is 4.32. The van der Waals surface area contributed by atoms with Gasteiger partial charge in [-0.2, -0.15) is 0 Å². The highest BCUT2D eigenvalue weighted by atomic mass is 15.3. The molecule has 0 saturated carbocycles. The predicted octanol–water partition coefficient (Wildman–Crippen LogP) is 2.29. The molecular formula is C15H21N5. The molecule has 5 nitrogen and oxygen atoms in total. The normalized spacial score (nSPS) is 13.9. The van der Waals surface area contributed by atoms with Crippen molar-refractivity contribution in [2.75, 3.05) is 24.3 Å². The molecule has 2 aromatic rings. The molecule has 1 aliphatic rings. The van der Waals surface area contributed by atoms with Crippen LogP contribution in [0.15, 0.2) is 24.3 Å². The molecule has 1 aromatic carbocycles. The lowest BCUT2D eigenvalue weighted by Gasteiger charge is -2.19. The van der Waals surface area contributed by atoms with Gasteiger partial charge in [-0.15, -0.1) is 10.2 Å². The third-order valence-electron chi connectivity index (χ3n) is 3.76. The van der Waals surface area contributed by atoms with Gasteiger partial charge in [-0.1, -0.05) is 12.1 Å². The van der Waals surface area contributed by atoms with Gasteiger partial charge in [0.2, 0.25) is 0 Å². The van der Waals surface area contributed by atoms with E-state index in [1.807, 2.05) is 0 Å². The van der Waals surface area contributed by atoms with Gasteiger partial charge in [0.1, 0.15) is 5.82 Å². The van der Waals surface area contributed by atoms with Crippen LogP contribution in [0.5, 0.6) is 0 Å². The molecule has 106 valence electrons. The first-order valence-corrected chi connectivity index (χ1v) is 7.17. The second-order valence-electron chi connectivity index (χ2n) is 5.41. The molecule has 0 radical (unpaired) electrons. The number of fused-ring (bicyclic) bond motifs is 1. The molecule has 0 saturated heterocycles. The lowest BCUT2D eigenvalue weighted by atomic mass is 10.1. The first-order chi connectivity index (χ1) is 9.75. The zero-order chi connectivity index (χ0) is 13.9. The molecule has 0 fully saturated rings. The third kappa shape index (κ3) is 2.48. The fourth-order valence-corrected chi connectivity index (χ4v) is 2.69. The molecule has 1 aromatic heterocycles. The van der Waals surface area contributed by atoms with Gasteiger partial charge in [-0.05, 0) is 25.0 Å². The number of benzene rings is 1. The van der Waals surface area contributed by atoms with Crippen molar-refractivity contribution in [3.05, 3.63) is 35.9 Å². The Kier molecular flexibility index (Phi) is 3.58. The van der Waals surface area contributed by atoms with Crippen molar-refractivity contribution in [2.45, 2.75) is 32.4 Å². The van der Waals surface area contributed by atoms with E-state index in [0.29, 0.717) is 0 Å². The van der Waals surface area contributed by atoms with Crippen LogP contribution < -0.4 is 10.2 Å². The summed E-state index contributed by atoms with van der Waals surface area (Å²) in [6.45, 7) is 1.77. The molecular weight excluding hydrogens is 250 g/mol. The number of rotatable bonds is 4. The number of anilines is 2. The van der Waals surface area contributed by atoms with Crippen molar-refractivity contribution in [3.63, 3.8) is 0 Å². The van der Waals surface area contributed by atoms with Gasteiger partial charge in [0.25, 0.3) is 0 Å². The van der Waals surface area contributed by atoms with Crippen LogP contribution in [-0.4, -0.2) is 28.9 Å². The second-order valence-corrected chi connectivity index (χ2v) is 5.41. The quantitative estimate of drug-likeness (QED) is 0.927. The minimum atomic E-state index is 0.720. The number of aromatic nitrogens is 3. The van der Waals surface area contributed by atoms with E-state index < -0.39 is 0 Å². The molecule has 0 amide bonds. The second kappa shape index (κ2) is 5.53. The largest absolute Gasteiger partial charge is 0.376 e. The lowest BCUT2D eigenvalue weighted by molar-refractivity contribution is 0.510. The number of hydrogen-bond acceptors (Lipinski definition) is 4. The van der Waals surface area contributed by atoms with Crippen molar-refractivity contribution >= 4 is 11.4 Å². The lowest BCUT2D eigenvalue weighted by Crippen LogP contribution is -2.16. The monoisotopic (exact) mass is 271 g/mol. The highest BCUT2D eigenvalue weighted by Crippen LogP contribution is 2.24. The van der Waals surface area contributed by atoms with E-state index in [0.717, 1.165) is 36.8 Å². The summed E-state index contributed by atoms with van der Waals surface area (Å²) in [4.78, 5) is 2.11. The molecule has 0 atom stereocenters. The number of nitrogens with zero attached hydrogens (tertiary/aromatic N) is 4. The third-order valence-corrected chi connectivity index (χ3v) is 3.76. The molecule has 0 spiro atoms. The predicted molar refractivity (Wildman–Crippen MR) is 81.1 cm³/mol. The van der Waals surface area contributed by atoms with Crippen LogP contribution in [0.25, 0.3) is 0 Å². The van der Waals surface area contributed by atoms with Crippen molar-refractivity contribution in [3.8, 4) is 0 Å². The van der Waals surface area contributed by atoms with E-state index >= 15 is 0 Å². The maximum atomic E-state index is 4.32. The van der Waals surface area contributed by atoms with Gasteiger partial charge in [0, 0.05) is 27.1 Å². The average molecular weight is 271 g/mol. The number of hydrogen-bond donors (Lipinski definition) is 1. The summed E-state index contributed by atoms with van der Waals surface area (Å²) < 4.78 is 2.26. The van der Waals surface area contributed by atoms with Crippen LogP contribution in [0.3, 0.4) is 0 Å². The van der Waals surface area contributed by atoms with E-state index in [9.17, 15) is 0 Å². The zero-order valence-corrected chi connectivity index (χ0v) is 12.1. The molecule has 1 aliphatic heterocycles. The summed E-state index contributed by atoms with van der Waals surface area (Å²) in [6.07, 6.45) is 3.52. The minimum Gasteiger partial charge on any atom is -0.376 e. The molecule has 5 heteroatoms. The van der Waals surface area contributed by atoms with Crippen molar-refractivity contribution in [2.24, 2.45) is 0 Å². The smallest absolute Gasteiger partial charge is 0.152 e. The van der Waals surface area contributed by atoms with Crippen LogP contribution in [0.4, 0.5) is 11.4 Å². The Morgan fingerprint density at radius 2 is 2.05 bits per heavy atom. The summed E-state index contributed by atoms with van der Waals surface area (Å²) in [6, 6.07) is 8.32. The molecule has 0 aliphatic carbocycles. The van der Waals surface area contributed by atoms with Crippen molar-refractivity contribution < 1.29 is 0 Å². The molecule has 1 N–H and O–H groups in total. The molecule has 0 bridgehead atoms. The van der Waals surface area contributed by atoms with Crippen LogP contribution in [-0.2, 0) is 19.5 Å². The van der Waals surface area contributed by atoms with E-state index in [4.69, 9.17) is 0 Å². The summed E-state index contributed by atoms with van der Waals surface area (Å²) in [7, 11) is 4.11. The average Bonchev–Trinajstić information content (AvgIpc) is 2.88. The van der Waals surface area contributed by atoms with Gasteiger partial charge < -0.3 is 14.8 Å². The van der Waals surface area contributed by atoms with Crippen molar-refractivity contribution in [1.82, 2.24) is 14.8 Å². The van der Waals surface area contributed by atoms with E-state index in [1.54, 1.807) is 0 Å². The first-order valence-electron chi connectivity index (χ1n) is 7.17. The van der Waals surface area contributed by atoms with E-state index in [2.05, 4.69) is 63.3 Å². The highest BCUT2D eigenvalue weighted by Gasteiger charge is 2.15. The molecule has 0 unspecified atom stereocenters. The van der Waals surface area contributed by atoms with Crippen LogP contribution in [0.2, 0.25) is 0 Å². The summed E-state index contributed by atoms with van der Waals surface area (Å²) >= 11 is 0. The fraction of sp³-hybridized carbons (Fsp3) is 0.467. The van der Waals surface area contributed by atoms with Gasteiger partial charge in [0.05, 0.1) is 17.9 Å². The summed E-state index contributed by atoms with van der Waals surface area (Å²) in [5, 5.41) is 12.1. The molecule has 20 heavy (non-hydrogen) atoms. The van der Waals surface area contributed by atoms with Gasteiger partial charge in [-0.25, -0.2) is 0 Å². The maximum Gasteiger partial charge on any atom is 0.152 e. The van der Waals surface area contributed by atoms with E-state index in [1.165, 1.54) is 18.5 Å². The Labute approximate surface area is 119 Å². The van der Waals surface area contributed by atoms with Gasteiger partial charge in [-0.3, -0.25) is 0 Å². The Balaban J connectivity index is 1.75. The molecule has 3 rings (SSSR count). The standard InChI is InChI=1S/C15H21N5/c1-19(2)13-8-4-3-7-12(13)16-11-15-18-17-14-9-5-6-10-20(14)15/h3-4,7-8,16H,5-6,9-11H2,1-2H3. The number of aryl methyl sites for hydroxylation is 1. The summed E-state index contributed by atoms with van der Waals surface area (Å²) in [5.41, 5.74) is 2.32. The van der Waals surface area contributed by atoms with Crippen LogP contribution >= 0.6 is 0 Å². The zero-order valence-electron chi connectivity index (χ0n) is 12.1. The molecule has 2 heterocycles. The Morgan fingerprint density at radius 1 is 1.20 bits per heavy atom. The van der Waals surface area contributed by atoms with Crippen LogP contribution in [0.1, 0.15) is 24.5 Å². The highest BCUT2D eigenvalue weighted by molar-refractivity contribution is 5.69. The number of para-hydroxylation sites is 2. The summed E-state index contributed by atoms with van der Waals surface area (Å²) in [5.74, 6) is 2.17. The Bertz CT molecular complexity index is 588.